The van der Waals surface area contributed by atoms with Crippen molar-refractivity contribution in [3.63, 3.8) is 0 Å². The number of rotatable bonds is 5. The second-order valence-electron chi connectivity index (χ2n) is 6.26. The number of carbonyl (C=O) groups excluding carboxylic acids is 1. The van der Waals surface area contributed by atoms with E-state index in [1.54, 1.807) is 6.92 Å². The molecule has 0 aliphatic heterocycles. The van der Waals surface area contributed by atoms with Crippen molar-refractivity contribution in [3.05, 3.63) is 63.6 Å². The maximum atomic E-state index is 12.3. The summed E-state index contributed by atoms with van der Waals surface area (Å²) < 4.78 is 5.89. The van der Waals surface area contributed by atoms with Crippen LogP contribution in [-0.4, -0.2) is 17.0 Å². The smallest absolute Gasteiger partial charge is 0.257 e. The third-order valence-corrected chi connectivity index (χ3v) is 4.38. The average Bonchev–Trinajstić information content (AvgIpc) is 3.07. The molecule has 1 fully saturated rings. The largest absolute Gasteiger partial charge is 0.374 e. The summed E-state index contributed by atoms with van der Waals surface area (Å²) in [4.78, 5) is 26.0. The van der Waals surface area contributed by atoms with Crippen molar-refractivity contribution in [1.29, 1.82) is 0 Å². The van der Waals surface area contributed by atoms with Gasteiger partial charge in [-0.1, -0.05) is 25.0 Å². The van der Waals surface area contributed by atoms with E-state index < -0.39 is 0 Å². The highest BCUT2D eigenvalue weighted by Gasteiger charge is 2.15. The van der Waals surface area contributed by atoms with Crippen molar-refractivity contribution < 1.29 is 9.53 Å². The van der Waals surface area contributed by atoms with Crippen LogP contribution >= 0.6 is 0 Å². The molecule has 5 nitrogen and oxygen atoms in total. The van der Waals surface area contributed by atoms with Crippen LogP contribution < -0.4 is 10.9 Å². The van der Waals surface area contributed by atoms with Gasteiger partial charge in [-0.15, -0.1) is 0 Å². The molecule has 1 amide bonds. The van der Waals surface area contributed by atoms with E-state index in [-0.39, 0.29) is 11.5 Å². The van der Waals surface area contributed by atoms with Gasteiger partial charge in [0.1, 0.15) is 0 Å². The summed E-state index contributed by atoms with van der Waals surface area (Å²) in [6.45, 7) is 2.35. The van der Waals surface area contributed by atoms with Crippen LogP contribution in [0.4, 0.5) is 5.69 Å². The van der Waals surface area contributed by atoms with Gasteiger partial charge in [0, 0.05) is 18.0 Å². The summed E-state index contributed by atoms with van der Waals surface area (Å²) in [5.41, 5.74) is 2.71. The zero-order valence-electron chi connectivity index (χ0n) is 13.8. The number of carbonyl (C=O) groups is 1. The Morgan fingerprint density at radius 3 is 2.62 bits per heavy atom. The first-order chi connectivity index (χ1) is 11.6. The second-order valence-corrected chi connectivity index (χ2v) is 6.26. The highest BCUT2D eigenvalue weighted by Crippen LogP contribution is 2.22. The fourth-order valence-electron chi connectivity index (χ4n) is 2.97. The predicted molar refractivity (Wildman–Crippen MR) is 93.2 cm³/mol. The van der Waals surface area contributed by atoms with E-state index in [0.717, 1.165) is 24.1 Å². The van der Waals surface area contributed by atoms with Gasteiger partial charge in [-0.2, -0.15) is 0 Å². The number of amides is 1. The van der Waals surface area contributed by atoms with Gasteiger partial charge in [0.25, 0.3) is 5.91 Å². The van der Waals surface area contributed by atoms with Crippen molar-refractivity contribution in [2.75, 3.05) is 5.32 Å². The number of anilines is 1. The number of ether oxygens (including phenoxy) is 1. The molecule has 2 aromatic rings. The maximum Gasteiger partial charge on any atom is 0.257 e. The van der Waals surface area contributed by atoms with E-state index in [1.165, 1.54) is 25.1 Å². The minimum atomic E-state index is -0.237. The third kappa shape index (κ3) is 4.11. The second kappa shape index (κ2) is 7.45. The molecule has 1 aromatic heterocycles. The number of aromatic nitrogens is 1. The molecule has 24 heavy (non-hydrogen) atoms. The molecule has 0 radical (unpaired) electrons. The summed E-state index contributed by atoms with van der Waals surface area (Å²) in [5, 5.41) is 2.84. The van der Waals surface area contributed by atoms with Crippen molar-refractivity contribution >= 4 is 11.6 Å². The molecule has 0 saturated heterocycles. The molecule has 1 aromatic carbocycles. The number of aromatic amines is 1. The van der Waals surface area contributed by atoms with Crippen LogP contribution in [0, 0.1) is 6.92 Å². The highest BCUT2D eigenvalue weighted by molar-refractivity contribution is 6.05. The molecule has 3 rings (SSSR count). The number of benzene rings is 1. The van der Waals surface area contributed by atoms with Gasteiger partial charge in [0.15, 0.2) is 0 Å². The lowest BCUT2D eigenvalue weighted by Crippen LogP contribution is -2.16. The Bertz CT molecular complexity index is 759. The molecular formula is C19H22N2O3. The van der Waals surface area contributed by atoms with Crippen LogP contribution in [-0.2, 0) is 11.3 Å². The van der Waals surface area contributed by atoms with E-state index in [4.69, 9.17) is 4.74 Å². The molecule has 0 bridgehead atoms. The van der Waals surface area contributed by atoms with Gasteiger partial charge in [0.05, 0.1) is 18.3 Å². The van der Waals surface area contributed by atoms with E-state index in [0.29, 0.717) is 23.8 Å². The summed E-state index contributed by atoms with van der Waals surface area (Å²) >= 11 is 0. The average molecular weight is 326 g/mol. The molecule has 0 unspecified atom stereocenters. The van der Waals surface area contributed by atoms with Crippen LogP contribution in [0.15, 0.2) is 41.3 Å². The Labute approximate surface area is 141 Å². The molecular weight excluding hydrogens is 304 g/mol. The Kier molecular flexibility index (Phi) is 5.11. The zero-order chi connectivity index (χ0) is 16.9. The Hall–Kier alpha value is -2.40. The summed E-state index contributed by atoms with van der Waals surface area (Å²) in [5.74, 6) is -0.237. The van der Waals surface area contributed by atoms with Gasteiger partial charge in [-0.3, -0.25) is 9.59 Å². The van der Waals surface area contributed by atoms with E-state index >= 15 is 0 Å². The van der Waals surface area contributed by atoms with Crippen molar-refractivity contribution in [2.24, 2.45) is 0 Å². The molecule has 1 heterocycles. The number of aryl methyl sites for hydroxylation is 1. The molecule has 5 heteroatoms. The maximum absolute atomic E-state index is 12.3. The van der Waals surface area contributed by atoms with Gasteiger partial charge >= 0.3 is 0 Å². The molecule has 0 atom stereocenters. The Morgan fingerprint density at radius 2 is 1.96 bits per heavy atom. The van der Waals surface area contributed by atoms with Gasteiger partial charge in [0.2, 0.25) is 5.56 Å². The molecule has 2 N–H and O–H groups in total. The van der Waals surface area contributed by atoms with Crippen LogP contribution in [0.2, 0.25) is 0 Å². The lowest BCUT2D eigenvalue weighted by atomic mass is 10.1. The predicted octanol–water partition coefficient (Wildman–Crippen LogP) is 3.39. The minimum Gasteiger partial charge on any atom is -0.374 e. The third-order valence-electron chi connectivity index (χ3n) is 4.38. The molecule has 126 valence electrons. The first-order valence-corrected chi connectivity index (χ1v) is 8.33. The topological polar surface area (TPSA) is 71.2 Å². The fraction of sp³-hybridized carbons (Fsp3) is 0.368. The van der Waals surface area contributed by atoms with Gasteiger partial charge in [-0.05, 0) is 43.0 Å². The lowest BCUT2D eigenvalue weighted by Gasteiger charge is -2.12. The Balaban J connectivity index is 1.58. The number of hydrogen-bond acceptors (Lipinski definition) is 3. The number of hydrogen-bond donors (Lipinski definition) is 2. The van der Waals surface area contributed by atoms with Crippen LogP contribution in [0.5, 0.6) is 0 Å². The number of pyridine rings is 1. The van der Waals surface area contributed by atoms with Crippen molar-refractivity contribution in [3.8, 4) is 0 Å². The van der Waals surface area contributed by atoms with Crippen LogP contribution in [0.1, 0.15) is 47.2 Å². The first kappa shape index (κ1) is 16.5. The Morgan fingerprint density at radius 1 is 1.25 bits per heavy atom. The van der Waals surface area contributed by atoms with E-state index in [9.17, 15) is 9.59 Å². The quantitative estimate of drug-likeness (QED) is 0.884. The normalized spacial score (nSPS) is 14.7. The minimum absolute atomic E-state index is 0.212. The summed E-state index contributed by atoms with van der Waals surface area (Å²) in [6.07, 6.45) is 6.68. The standard InChI is InChI=1S/C19H22N2O3/c1-13-10-18(22)20-11-17(13)19(23)21-15-8-6-14(7-9-15)12-24-16-4-2-3-5-16/h6-11,16H,2-5,12H2,1H3,(H,20,22)(H,21,23). The van der Waals surface area contributed by atoms with Crippen LogP contribution in [0.25, 0.3) is 0 Å². The fourth-order valence-corrected chi connectivity index (χ4v) is 2.97. The summed E-state index contributed by atoms with van der Waals surface area (Å²) in [7, 11) is 0. The van der Waals surface area contributed by atoms with Gasteiger partial charge < -0.3 is 15.0 Å². The highest BCUT2D eigenvalue weighted by atomic mass is 16.5. The molecule has 1 aliphatic carbocycles. The monoisotopic (exact) mass is 326 g/mol. The lowest BCUT2D eigenvalue weighted by molar-refractivity contribution is 0.0457. The SMILES string of the molecule is Cc1cc(=O)[nH]cc1C(=O)Nc1ccc(COC2CCCC2)cc1. The van der Waals surface area contributed by atoms with Crippen molar-refractivity contribution in [1.82, 2.24) is 4.98 Å². The van der Waals surface area contributed by atoms with Crippen molar-refractivity contribution in [2.45, 2.75) is 45.3 Å². The summed E-state index contributed by atoms with van der Waals surface area (Å²) in [6, 6.07) is 9.07. The molecule has 1 saturated carbocycles. The number of nitrogens with one attached hydrogen (secondary N) is 2. The van der Waals surface area contributed by atoms with Crippen LogP contribution in [0.3, 0.4) is 0 Å². The molecule has 1 aliphatic rings. The van der Waals surface area contributed by atoms with E-state index in [2.05, 4.69) is 10.3 Å². The number of H-pyrrole nitrogens is 1. The van der Waals surface area contributed by atoms with E-state index in [1.807, 2.05) is 24.3 Å². The van der Waals surface area contributed by atoms with Gasteiger partial charge in [-0.25, -0.2) is 0 Å². The molecule has 0 spiro atoms. The first-order valence-electron chi connectivity index (χ1n) is 8.33. The zero-order valence-corrected chi connectivity index (χ0v) is 13.8.